The highest BCUT2D eigenvalue weighted by Crippen LogP contribution is 2.21. The second-order valence-electron chi connectivity index (χ2n) is 3.44. The van der Waals surface area contributed by atoms with Gasteiger partial charge in [0.1, 0.15) is 17.4 Å². The third-order valence-electron chi connectivity index (χ3n) is 2.07. The number of benzene rings is 1. The summed E-state index contributed by atoms with van der Waals surface area (Å²) in [6.45, 7) is 0. The average Bonchev–Trinajstić information content (AvgIpc) is 2.37. The molecule has 0 aliphatic carbocycles. The van der Waals surface area contributed by atoms with E-state index < -0.39 is 17.6 Å². The average molecular weight is 266 g/mol. The second kappa shape index (κ2) is 5.38. The molecule has 0 aliphatic heterocycles. The number of esters is 1. The first kappa shape index (κ1) is 12.9. The Morgan fingerprint density at radius 2 is 1.84 bits per heavy atom. The Kier molecular flexibility index (Phi) is 3.65. The zero-order valence-corrected chi connectivity index (χ0v) is 9.76. The zero-order valence-electron chi connectivity index (χ0n) is 9.76. The molecule has 2 aromatic rings. The van der Waals surface area contributed by atoms with Crippen LogP contribution in [0.1, 0.15) is 10.5 Å². The maximum Gasteiger partial charge on any atom is 0.358 e. The van der Waals surface area contributed by atoms with E-state index in [2.05, 4.69) is 14.7 Å². The molecule has 0 radical (unpaired) electrons. The molecule has 1 aromatic heterocycles. The minimum Gasteiger partial charge on any atom is -0.464 e. The van der Waals surface area contributed by atoms with Gasteiger partial charge in [0.25, 0.3) is 0 Å². The number of halogens is 2. The molecule has 98 valence electrons. The predicted octanol–water partition coefficient (Wildman–Crippen LogP) is 2.33. The van der Waals surface area contributed by atoms with Crippen LogP contribution in [0.5, 0.6) is 11.6 Å². The summed E-state index contributed by atoms with van der Waals surface area (Å²) >= 11 is 0. The van der Waals surface area contributed by atoms with E-state index in [0.29, 0.717) is 6.07 Å². The summed E-state index contributed by atoms with van der Waals surface area (Å²) in [4.78, 5) is 18.7. The van der Waals surface area contributed by atoms with Crippen LogP contribution in [0, 0.1) is 11.6 Å². The van der Waals surface area contributed by atoms with Crippen molar-refractivity contribution in [3.63, 3.8) is 0 Å². The van der Waals surface area contributed by atoms with Crippen LogP contribution in [0.25, 0.3) is 0 Å². The van der Waals surface area contributed by atoms with Gasteiger partial charge < -0.3 is 9.47 Å². The number of ether oxygens (including phenoxy) is 2. The normalized spacial score (nSPS) is 10.1. The maximum absolute atomic E-state index is 13.0. The second-order valence-corrected chi connectivity index (χ2v) is 3.44. The number of methoxy groups -OCH3 is 1. The largest absolute Gasteiger partial charge is 0.464 e. The maximum atomic E-state index is 13.0. The van der Waals surface area contributed by atoms with Crippen LogP contribution in [0.15, 0.2) is 30.6 Å². The minimum atomic E-state index is -0.785. The van der Waals surface area contributed by atoms with Gasteiger partial charge >= 0.3 is 5.97 Å². The van der Waals surface area contributed by atoms with Gasteiger partial charge in [-0.15, -0.1) is 0 Å². The molecular formula is C12H8F2N2O3. The van der Waals surface area contributed by atoms with Gasteiger partial charge in [-0.05, 0) is 0 Å². The Morgan fingerprint density at radius 1 is 1.16 bits per heavy atom. The van der Waals surface area contributed by atoms with Crippen molar-refractivity contribution in [1.29, 1.82) is 0 Å². The Hall–Kier alpha value is -2.57. The molecule has 2 rings (SSSR count). The Bertz CT molecular complexity index is 599. The number of rotatable bonds is 3. The minimum absolute atomic E-state index is 0.0723. The number of hydrogen-bond acceptors (Lipinski definition) is 5. The van der Waals surface area contributed by atoms with E-state index in [1.54, 1.807) is 0 Å². The molecule has 0 fully saturated rings. The van der Waals surface area contributed by atoms with Crippen molar-refractivity contribution in [2.24, 2.45) is 0 Å². The highest BCUT2D eigenvalue weighted by atomic mass is 19.1. The van der Waals surface area contributed by atoms with Gasteiger partial charge in [-0.1, -0.05) is 0 Å². The molecule has 19 heavy (non-hydrogen) atoms. The van der Waals surface area contributed by atoms with E-state index in [1.165, 1.54) is 19.5 Å². The molecule has 0 aliphatic rings. The van der Waals surface area contributed by atoms with Crippen LogP contribution < -0.4 is 4.74 Å². The van der Waals surface area contributed by atoms with Crippen LogP contribution in [0.4, 0.5) is 8.78 Å². The van der Waals surface area contributed by atoms with Gasteiger partial charge in [-0.2, -0.15) is 0 Å². The van der Waals surface area contributed by atoms with Crippen molar-refractivity contribution in [1.82, 2.24) is 9.97 Å². The fourth-order valence-electron chi connectivity index (χ4n) is 1.31. The fraction of sp³-hybridized carbons (Fsp3) is 0.0833. The van der Waals surface area contributed by atoms with Crippen LogP contribution >= 0.6 is 0 Å². The van der Waals surface area contributed by atoms with Crippen molar-refractivity contribution >= 4 is 5.97 Å². The van der Waals surface area contributed by atoms with E-state index in [4.69, 9.17) is 4.74 Å². The fourth-order valence-corrected chi connectivity index (χ4v) is 1.31. The van der Waals surface area contributed by atoms with Gasteiger partial charge in [0.05, 0.1) is 19.5 Å². The van der Waals surface area contributed by atoms with E-state index in [1.807, 2.05) is 0 Å². The molecule has 0 atom stereocenters. The number of carbonyl (C=O) groups is 1. The van der Waals surface area contributed by atoms with E-state index >= 15 is 0 Å². The number of hydrogen-bond donors (Lipinski definition) is 0. The summed E-state index contributed by atoms with van der Waals surface area (Å²) < 4.78 is 35.5. The molecule has 0 bridgehead atoms. The molecule has 0 spiro atoms. The summed E-state index contributed by atoms with van der Waals surface area (Å²) in [5, 5.41) is 0. The molecule has 1 heterocycles. The summed E-state index contributed by atoms with van der Waals surface area (Å²) in [5.41, 5.74) is -0.0723. The number of aromatic nitrogens is 2. The Labute approximate surface area is 106 Å². The summed E-state index contributed by atoms with van der Waals surface area (Å²) in [6.07, 6.45) is 2.39. The van der Waals surface area contributed by atoms with Crippen molar-refractivity contribution in [3.8, 4) is 11.6 Å². The standard InChI is InChI=1S/C12H8F2N2O3/c1-18-12(17)10-5-15-6-11(16-10)19-9-3-7(13)2-8(14)4-9/h2-6H,1H3. The lowest BCUT2D eigenvalue weighted by atomic mass is 10.3. The molecule has 7 heteroatoms. The summed E-state index contributed by atoms with van der Waals surface area (Å²) in [6, 6.07) is 2.68. The van der Waals surface area contributed by atoms with Gasteiger partial charge in [0, 0.05) is 18.2 Å². The molecule has 0 amide bonds. The smallest absolute Gasteiger partial charge is 0.358 e. The molecule has 0 saturated heterocycles. The third kappa shape index (κ3) is 3.21. The summed E-state index contributed by atoms with van der Waals surface area (Å²) in [5.74, 6) is -2.43. The first-order valence-electron chi connectivity index (χ1n) is 5.13. The first-order valence-corrected chi connectivity index (χ1v) is 5.13. The van der Waals surface area contributed by atoms with Crippen molar-refractivity contribution in [3.05, 3.63) is 47.9 Å². The van der Waals surface area contributed by atoms with Crippen molar-refractivity contribution in [2.75, 3.05) is 7.11 Å². The van der Waals surface area contributed by atoms with Crippen LogP contribution in [0.2, 0.25) is 0 Å². The number of carbonyl (C=O) groups excluding carboxylic acids is 1. The van der Waals surface area contributed by atoms with Gasteiger partial charge in [0.15, 0.2) is 5.69 Å². The molecule has 0 N–H and O–H groups in total. The van der Waals surface area contributed by atoms with Crippen molar-refractivity contribution in [2.45, 2.75) is 0 Å². The van der Waals surface area contributed by atoms with Gasteiger partial charge in [0.2, 0.25) is 5.88 Å². The lowest BCUT2D eigenvalue weighted by Gasteiger charge is -2.05. The van der Waals surface area contributed by atoms with Crippen LogP contribution in [-0.2, 0) is 4.74 Å². The highest BCUT2D eigenvalue weighted by molar-refractivity contribution is 5.86. The Balaban J connectivity index is 2.25. The quantitative estimate of drug-likeness (QED) is 0.798. The molecule has 0 saturated carbocycles. The highest BCUT2D eigenvalue weighted by Gasteiger charge is 2.10. The topological polar surface area (TPSA) is 61.3 Å². The lowest BCUT2D eigenvalue weighted by molar-refractivity contribution is 0.0592. The SMILES string of the molecule is COC(=O)c1cncc(Oc2cc(F)cc(F)c2)n1. The molecule has 0 unspecified atom stereocenters. The van der Waals surface area contributed by atoms with Gasteiger partial charge in [-0.3, -0.25) is 4.98 Å². The van der Waals surface area contributed by atoms with Gasteiger partial charge in [-0.25, -0.2) is 18.6 Å². The molecule has 5 nitrogen and oxygen atoms in total. The first-order chi connectivity index (χ1) is 9.08. The van der Waals surface area contributed by atoms with Crippen molar-refractivity contribution < 1.29 is 23.0 Å². The number of nitrogens with zero attached hydrogens (tertiary/aromatic N) is 2. The van der Waals surface area contributed by atoms with Crippen LogP contribution in [-0.4, -0.2) is 23.0 Å². The van der Waals surface area contributed by atoms with Crippen LogP contribution in [0.3, 0.4) is 0 Å². The van der Waals surface area contributed by atoms with E-state index in [-0.39, 0.29) is 17.3 Å². The summed E-state index contributed by atoms with van der Waals surface area (Å²) in [7, 11) is 1.19. The molecule has 1 aromatic carbocycles. The lowest BCUT2D eigenvalue weighted by Crippen LogP contribution is -2.05. The van der Waals surface area contributed by atoms with E-state index in [9.17, 15) is 13.6 Å². The Morgan fingerprint density at radius 3 is 2.47 bits per heavy atom. The zero-order chi connectivity index (χ0) is 13.8. The van der Waals surface area contributed by atoms with E-state index in [0.717, 1.165) is 12.1 Å². The third-order valence-corrected chi connectivity index (χ3v) is 2.07. The molecular weight excluding hydrogens is 258 g/mol. The predicted molar refractivity (Wildman–Crippen MR) is 59.8 cm³/mol. The monoisotopic (exact) mass is 266 g/mol.